The van der Waals surface area contributed by atoms with Crippen molar-refractivity contribution in [1.82, 2.24) is 15.1 Å². The zero-order valence-electron chi connectivity index (χ0n) is 10.9. The molecule has 0 fully saturated rings. The molecule has 0 aliphatic heterocycles. The molecule has 0 aliphatic rings. The van der Waals surface area contributed by atoms with Crippen molar-refractivity contribution < 1.29 is 4.79 Å². The molecule has 0 radical (unpaired) electrons. The highest BCUT2D eigenvalue weighted by Crippen LogP contribution is 2.19. The summed E-state index contributed by atoms with van der Waals surface area (Å²) in [6, 6.07) is 9.97. The molecule has 1 amide bonds. The highest BCUT2D eigenvalue weighted by Gasteiger charge is 2.19. The van der Waals surface area contributed by atoms with Crippen molar-refractivity contribution in [2.24, 2.45) is 7.05 Å². The van der Waals surface area contributed by atoms with E-state index in [0.29, 0.717) is 10.2 Å². The molecule has 0 aliphatic carbocycles. The normalized spacial score (nSPS) is 12.2. The van der Waals surface area contributed by atoms with Gasteiger partial charge in [0.05, 0.1) is 16.7 Å². The van der Waals surface area contributed by atoms with Gasteiger partial charge >= 0.3 is 0 Å². The molecule has 1 aromatic heterocycles. The molecule has 4 nitrogen and oxygen atoms in total. The van der Waals surface area contributed by atoms with Crippen LogP contribution >= 0.6 is 15.9 Å². The average Bonchev–Trinajstić information content (AvgIpc) is 2.76. The minimum Gasteiger partial charge on any atom is -0.344 e. The van der Waals surface area contributed by atoms with Crippen molar-refractivity contribution >= 4 is 21.8 Å². The van der Waals surface area contributed by atoms with Gasteiger partial charge in [-0.1, -0.05) is 37.3 Å². The van der Waals surface area contributed by atoms with Crippen LogP contribution in [-0.2, 0) is 7.05 Å². The van der Waals surface area contributed by atoms with Crippen molar-refractivity contribution in [2.75, 3.05) is 0 Å². The first-order valence-electron chi connectivity index (χ1n) is 6.16. The summed E-state index contributed by atoms with van der Waals surface area (Å²) in [6.45, 7) is 2.05. The molecule has 2 aromatic rings. The quantitative estimate of drug-likeness (QED) is 0.940. The van der Waals surface area contributed by atoms with Crippen LogP contribution in [0.3, 0.4) is 0 Å². The van der Waals surface area contributed by atoms with Crippen LogP contribution in [0.25, 0.3) is 0 Å². The number of benzene rings is 1. The Balaban J connectivity index is 2.18. The van der Waals surface area contributed by atoms with E-state index in [0.717, 1.165) is 12.0 Å². The molecule has 1 N–H and O–H groups in total. The van der Waals surface area contributed by atoms with Gasteiger partial charge in [0.25, 0.3) is 5.91 Å². The molecule has 0 spiro atoms. The van der Waals surface area contributed by atoms with E-state index in [-0.39, 0.29) is 11.9 Å². The summed E-state index contributed by atoms with van der Waals surface area (Å²) >= 11 is 3.34. The van der Waals surface area contributed by atoms with Gasteiger partial charge in [-0.25, -0.2) is 0 Å². The third kappa shape index (κ3) is 3.04. The van der Waals surface area contributed by atoms with E-state index >= 15 is 0 Å². The van der Waals surface area contributed by atoms with Crippen LogP contribution in [0.2, 0.25) is 0 Å². The SMILES string of the molecule is CCC(NC(=O)c1c(Br)cnn1C)c1ccccc1. The summed E-state index contributed by atoms with van der Waals surface area (Å²) in [7, 11) is 1.75. The lowest BCUT2D eigenvalue weighted by Crippen LogP contribution is -2.30. The lowest BCUT2D eigenvalue weighted by Gasteiger charge is -2.17. The Morgan fingerprint density at radius 2 is 2.11 bits per heavy atom. The van der Waals surface area contributed by atoms with Crippen LogP contribution in [-0.4, -0.2) is 15.7 Å². The smallest absolute Gasteiger partial charge is 0.271 e. The predicted molar refractivity (Wildman–Crippen MR) is 77.8 cm³/mol. The number of amides is 1. The van der Waals surface area contributed by atoms with Gasteiger partial charge in [0.2, 0.25) is 0 Å². The van der Waals surface area contributed by atoms with Crippen LogP contribution in [0.4, 0.5) is 0 Å². The van der Waals surface area contributed by atoms with Gasteiger partial charge in [0, 0.05) is 7.05 Å². The fourth-order valence-corrected chi connectivity index (χ4v) is 2.53. The first kappa shape index (κ1) is 13.8. The molecule has 100 valence electrons. The number of hydrogen-bond donors (Lipinski definition) is 1. The van der Waals surface area contributed by atoms with Gasteiger partial charge in [-0.2, -0.15) is 5.10 Å². The average molecular weight is 322 g/mol. The first-order chi connectivity index (χ1) is 9.13. The number of aromatic nitrogens is 2. The molecule has 1 atom stereocenters. The molecule has 0 saturated heterocycles. The fraction of sp³-hybridized carbons (Fsp3) is 0.286. The third-order valence-electron chi connectivity index (χ3n) is 3.02. The van der Waals surface area contributed by atoms with Crippen molar-refractivity contribution in [2.45, 2.75) is 19.4 Å². The summed E-state index contributed by atoms with van der Waals surface area (Å²) in [5.41, 5.74) is 1.64. The second-order valence-electron chi connectivity index (χ2n) is 4.31. The summed E-state index contributed by atoms with van der Waals surface area (Å²) < 4.78 is 2.27. The van der Waals surface area contributed by atoms with E-state index in [1.807, 2.05) is 30.3 Å². The Bertz CT molecular complexity index is 546. The van der Waals surface area contributed by atoms with E-state index in [2.05, 4.69) is 33.3 Å². The molecule has 0 bridgehead atoms. The Morgan fingerprint density at radius 1 is 1.42 bits per heavy atom. The zero-order chi connectivity index (χ0) is 13.8. The topological polar surface area (TPSA) is 46.9 Å². The number of aryl methyl sites for hydroxylation is 1. The summed E-state index contributed by atoms with van der Waals surface area (Å²) in [5, 5.41) is 7.09. The highest BCUT2D eigenvalue weighted by molar-refractivity contribution is 9.10. The molecular formula is C14H16BrN3O. The molecule has 2 rings (SSSR count). The Labute approximate surface area is 120 Å². The van der Waals surface area contributed by atoms with Crippen molar-refractivity contribution in [3.05, 3.63) is 52.3 Å². The first-order valence-corrected chi connectivity index (χ1v) is 6.96. The van der Waals surface area contributed by atoms with Gasteiger partial charge in [-0.15, -0.1) is 0 Å². The number of nitrogens with one attached hydrogen (secondary N) is 1. The van der Waals surface area contributed by atoms with Crippen molar-refractivity contribution in [1.29, 1.82) is 0 Å². The van der Waals surface area contributed by atoms with Gasteiger partial charge in [0.15, 0.2) is 0 Å². The molecule has 1 heterocycles. The van der Waals surface area contributed by atoms with E-state index in [1.165, 1.54) is 0 Å². The summed E-state index contributed by atoms with van der Waals surface area (Å²) in [6.07, 6.45) is 2.46. The largest absolute Gasteiger partial charge is 0.344 e. The number of hydrogen-bond acceptors (Lipinski definition) is 2. The van der Waals surface area contributed by atoms with E-state index in [9.17, 15) is 4.79 Å². The number of carbonyl (C=O) groups is 1. The van der Waals surface area contributed by atoms with Crippen molar-refractivity contribution in [3.8, 4) is 0 Å². The highest BCUT2D eigenvalue weighted by atomic mass is 79.9. The van der Waals surface area contributed by atoms with Gasteiger partial charge < -0.3 is 5.32 Å². The monoisotopic (exact) mass is 321 g/mol. The van der Waals surface area contributed by atoms with Gasteiger partial charge in [-0.05, 0) is 27.9 Å². The molecular weight excluding hydrogens is 306 g/mol. The minimum absolute atomic E-state index is 0.00972. The fourth-order valence-electron chi connectivity index (χ4n) is 2.00. The van der Waals surface area contributed by atoms with E-state index in [1.54, 1.807) is 17.9 Å². The number of halogens is 1. The predicted octanol–water partition coefficient (Wildman–Crippen LogP) is 3.06. The Morgan fingerprint density at radius 3 is 2.63 bits per heavy atom. The summed E-state index contributed by atoms with van der Waals surface area (Å²) in [5.74, 6) is -0.123. The zero-order valence-corrected chi connectivity index (χ0v) is 12.5. The molecule has 19 heavy (non-hydrogen) atoms. The molecule has 1 aromatic carbocycles. The third-order valence-corrected chi connectivity index (χ3v) is 3.61. The lowest BCUT2D eigenvalue weighted by molar-refractivity contribution is 0.0925. The molecule has 0 saturated carbocycles. The van der Waals surface area contributed by atoms with E-state index in [4.69, 9.17) is 0 Å². The van der Waals surface area contributed by atoms with Crippen LogP contribution in [0, 0.1) is 0 Å². The lowest BCUT2D eigenvalue weighted by atomic mass is 10.0. The van der Waals surface area contributed by atoms with Crippen LogP contribution in [0.15, 0.2) is 41.0 Å². The maximum Gasteiger partial charge on any atom is 0.271 e. The van der Waals surface area contributed by atoms with Crippen molar-refractivity contribution in [3.63, 3.8) is 0 Å². The maximum atomic E-state index is 12.3. The molecule has 1 unspecified atom stereocenters. The van der Waals surface area contributed by atoms with Gasteiger partial charge in [-0.3, -0.25) is 9.48 Å². The standard InChI is InChI=1S/C14H16BrN3O/c1-3-12(10-7-5-4-6-8-10)17-14(19)13-11(15)9-16-18(13)2/h4-9,12H,3H2,1-2H3,(H,17,19). The second kappa shape index (κ2) is 6.02. The number of nitrogens with zero attached hydrogens (tertiary/aromatic N) is 2. The van der Waals surface area contributed by atoms with Crippen LogP contribution in [0.1, 0.15) is 35.4 Å². The number of rotatable bonds is 4. The maximum absolute atomic E-state index is 12.3. The Hall–Kier alpha value is -1.62. The second-order valence-corrected chi connectivity index (χ2v) is 5.16. The van der Waals surface area contributed by atoms with E-state index < -0.39 is 0 Å². The summed E-state index contributed by atoms with van der Waals surface area (Å²) in [4.78, 5) is 12.3. The van der Waals surface area contributed by atoms with Gasteiger partial charge in [0.1, 0.15) is 5.69 Å². The molecule has 5 heteroatoms. The van der Waals surface area contributed by atoms with Crippen LogP contribution < -0.4 is 5.32 Å². The number of carbonyl (C=O) groups excluding carboxylic acids is 1. The minimum atomic E-state index is -0.123. The Kier molecular flexibility index (Phi) is 4.37. The van der Waals surface area contributed by atoms with Crippen LogP contribution in [0.5, 0.6) is 0 Å².